The number of alkyl halides is 3. The van der Waals surface area contributed by atoms with E-state index in [-0.39, 0.29) is 31.8 Å². The van der Waals surface area contributed by atoms with Crippen LogP contribution in [0.5, 0.6) is 0 Å². The molecule has 0 bridgehead atoms. The Labute approximate surface area is 188 Å². The third-order valence-electron chi connectivity index (χ3n) is 5.44. The van der Waals surface area contributed by atoms with Gasteiger partial charge in [0.15, 0.2) is 0 Å². The van der Waals surface area contributed by atoms with Crippen LogP contribution in [0, 0.1) is 5.92 Å². The summed E-state index contributed by atoms with van der Waals surface area (Å²) in [5.41, 5.74) is 0.342. The molecule has 0 unspecified atom stereocenters. The molecule has 1 N–H and O–H groups in total. The zero-order valence-corrected chi connectivity index (χ0v) is 18.1. The first-order valence-corrected chi connectivity index (χ1v) is 11.5. The van der Waals surface area contributed by atoms with Crippen molar-refractivity contribution in [2.75, 3.05) is 18.4 Å². The number of nitrogens with one attached hydrogen (secondary N) is 1. The first-order chi connectivity index (χ1) is 15.6. The van der Waals surface area contributed by atoms with E-state index in [0.717, 1.165) is 28.2 Å². The maximum absolute atomic E-state index is 13.0. The minimum absolute atomic E-state index is 0.0436. The number of nitrogens with zero attached hydrogens (tertiary/aromatic N) is 4. The molecule has 4 rings (SSSR count). The van der Waals surface area contributed by atoms with Gasteiger partial charge in [-0.2, -0.15) is 22.6 Å². The Hall–Kier alpha value is -3.25. The number of benzene rings is 2. The largest absolute Gasteiger partial charge is 0.416 e. The Morgan fingerprint density at radius 1 is 1.06 bits per heavy atom. The van der Waals surface area contributed by atoms with Gasteiger partial charge in [-0.05, 0) is 55.3 Å². The molecule has 174 valence electrons. The van der Waals surface area contributed by atoms with Gasteiger partial charge in [0.05, 0.1) is 16.1 Å². The summed E-state index contributed by atoms with van der Waals surface area (Å²) in [7, 11) is -4.09. The van der Waals surface area contributed by atoms with Crippen LogP contribution in [-0.4, -0.2) is 46.5 Å². The van der Waals surface area contributed by atoms with Crippen LogP contribution in [0.3, 0.4) is 0 Å². The molecule has 1 amide bonds. The average molecular weight is 479 g/mol. The molecule has 1 aromatic heterocycles. The lowest BCUT2D eigenvalue weighted by Gasteiger charge is -2.30. The number of aromatic nitrogens is 3. The molecule has 0 aliphatic carbocycles. The van der Waals surface area contributed by atoms with Gasteiger partial charge in [0, 0.05) is 24.7 Å². The predicted octanol–water partition coefficient (Wildman–Crippen LogP) is 3.33. The van der Waals surface area contributed by atoms with E-state index >= 15 is 0 Å². The lowest BCUT2D eigenvalue weighted by atomic mass is 9.97. The number of halogens is 3. The number of amides is 1. The number of anilines is 1. The molecule has 0 spiro atoms. The molecule has 1 fully saturated rings. The number of hydrogen-bond donors (Lipinski definition) is 1. The second-order valence-corrected chi connectivity index (χ2v) is 9.52. The topological polar surface area (TPSA) is 97.2 Å². The summed E-state index contributed by atoms with van der Waals surface area (Å²) in [5, 5.41) is 6.84. The van der Waals surface area contributed by atoms with Crippen molar-refractivity contribution >= 4 is 21.6 Å². The number of rotatable bonds is 5. The third-order valence-corrected chi connectivity index (χ3v) is 7.34. The lowest BCUT2D eigenvalue weighted by molar-refractivity contribution is -0.137. The van der Waals surface area contributed by atoms with Crippen molar-refractivity contribution in [3.05, 3.63) is 66.7 Å². The molecular weight excluding hydrogens is 459 g/mol. The zero-order chi connectivity index (χ0) is 23.6. The van der Waals surface area contributed by atoms with Gasteiger partial charge in [0.2, 0.25) is 15.9 Å². The van der Waals surface area contributed by atoms with E-state index in [1.807, 2.05) is 0 Å². The van der Waals surface area contributed by atoms with E-state index in [9.17, 15) is 26.4 Å². The Balaban J connectivity index is 1.37. The number of sulfonamides is 1. The molecule has 0 saturated carbocycles. The number of hydrogen-bond acceptors (Lipinski definition) is 5. The van der Waals surface area contributed by atoms with Gasteiger partial charge < -0.3 is 5.32 Å². The average Bonchev–Trinajstić information content (AvgIpc) is 3.34. The summed E-state index contributed by atoms with van der Waals surface area (Å²) < 4.78 is 67.2. The first-order valence-electron chi connectivity index (χ1n) is 10.1. The molecule has 8 nitrogen and oxygen atoms in total. The Kier molecular flexibility index (Phi) is 6.21. The molecule has 2 aromatic carbocycles. The van der Waals surface area contributed by atoms with E-state index in [0.29, 0.717) is 11.8 Å². The molecule has 3 aromatic rings. The van der Waals surface area contributed by atoms with Crippen molar-refractivity contribution in [2.24, 2.45) is 5.92 Å². The highest BCUT2D eigenvalue weighted by Gasteiger charge is 2.35. The van der Waals surface area contributed by atoms with Crippen LogP contribution >= 0.6 is 0 Å². The molecule has 33 heavy (non-hydrogen) atoms. The van der Waals surface area contributed by atoms with Gasteiger partial charge in [-0.3, -0.25) is 4.79 Å². The third kappa shape index (κ3) is 5.06. The summed E-state index contributed by atoms with van der Waals surface area (Å²) in [6.45, 7) is 0.0871. The van der Waals surface area contributed by atoms with E-state index in [4.69, 9.17) is 0 Å². The highest BCUT2D eigenvalue weighted by molar-refractivity contribution is 7.89. The highest BCUT2D eigenvalue weighted by atomic mass is 32.2. The van der Waals surface area contributed by atoms with Gasteiger partial charge in [0.1, 0.15) is 12.7 Å². The standard InChI is InChI=1S/C21H20F3N5O3S/c22-21(23,24)16-2-1-3-19(12-16)33(31,32)28-10-8-15(9-11-28)20(30)27-17-4-6-18(7-5-17)29-14-25-13-26-29/h1-7,12-15H,8-11H2,(H,27,30). The van der Waals surface area contributed by atoms with Gasteiger partial charge >= 0.3 is 6.18 Å². The van der Waals surface area contributed by atoms with Crippen LogP contribution in [-0.2, 0) is 21.0 Å². The van der Waals surface area contributed by atoms with Crippen LogP contribution in [0.25, 0.3) is 5.69 Å². The van der Waals surface area contributed by atoms with Crippen molar-refractivity contribution in [1.82, 2.24) is 19.1 Å². The second-order valence-electron chi connectivity index (χ2n) is 7.58. The van der Waals surface area contributed by atoms with Crippen LogP contribution in [0.15, 0.2) is 66.1 Å². The van der Waals surface area contributed by atoms with Crippen molar-refractivity contribution in [3.8, 4) is 5.69 Å². The SMILES string of the molecule is O=C(Nc1ccc(-n2cncn2)cc1)C1CCN(S(=O)(=O)c2cccc(C(F)(F)F)c2)CC1. The van der Waals surface area contributed by atoms with Gasteiger partial charge in [-0.1, -0.05) is 6.07 Å². The summed E-state index contributed by atoms with van der Waals surface area (Å²) in [5.74, 6) is -0.646. The van der Waals surface area contributed by atoms with E-state index in [1.165, 1.54) is 6.33 Å². The lowest BCUT2D eigenvalue weighted by Crippen LogP contribution is -2.41. The quantitative estimate of drug-likeness (QED) is 0.606. The molecule has 2 heterocycles. The van der Waals surface area contributed by atoms with Gasteiger partial charge in [-0.15, -0.1) is 0 Å². The summed E-state index contributed by atoms with van der Waals surface area (Å²) in [6.07, 6.45) is -1.14. The fourth-order valence-corrected chi connectivity index (χ4v) is 5.14. The van der Waals surface area contributed by atoms with E-state index in [1.54, 1.807) is 35.3 Å². The normalized spacial score (nSPS) is 16.0. The maximum atomic E-state index is 13.0. The summed E-state index contributed by atoms with van der Waals surface area (Å²) >= 11 is 0. The van der Waals surface area contributed by atoms with Crippen LogP contribution in [0.2, 0.25) is 0 Å². The molecule has 0 atom stereocenters. The fourth-order valence-electron chi connectivity index (χ4n) is 3.62. The molecule has 1 saturated heterocycles. The van der Waals surface area contributed by atoms with Crippen molar-refractivity contribution in [3.63, 3.8) is 0 Å². The van der Waals surface area contributed by atoms with Crippen molar-refractivity contribution in [1.29, 1.82) is 0 Å². The number of carbonyl (C=O) groups excluding carboxylic acids is 1. The number of piperidine rings is 1. The van der Waals surface area contributed by atoms with Crippen molar-refractivity contribution < 1.29 is 26.4 Å². The number of carbonyl (C=O) groups is 1. The molecule has 1 aliphatic heterocycles. The molecule has 0 radical (unpaired) electrons. The fraction of sp³-hybridized carbons (Fsp3) is 0.286. The van der Waals surface area contributed by atoms with Crippen LogP contribution in [0.1, 0.15) is 18.4 Å². The zero-order valence-electron chi connectivity index (χ0n) is 17.2. The Bertz CT molecular complexity index is 1220. The molecule has 12 heteroatoms. The summed E-state index contributed by atoms with van der Waals surface area (Å²) in [4.78, 5) is 16.1. The van der Waals surface area contributed by atoms with E-state index in [2.05, 4.69) is 15.4 Å². The van der Waals surface area contributed by atoms with Crippen LogP contribution in [0.4, 0.5) is 18.9 Å². The second kappa shape index (κ2) is 8.94. The van der Waals surface area contributed by atoms with Gasteiger partial charge in [0.25, 0.3) is 0 Å². The van der Waals surface area contributed by atoms with Gasteiger partial charge in [-0.25, -0.2) is 18.1 Å². The Morgan fingerprint density at radius 3 is 2.36 bits per heavy atom. The molecular formula is C21H20F3N5O3S. The van der Waals surface area contributed by atoms with E-state index < -0.39 is 32.6 Å². The van der Waals surface area contributed by atoms with Crippen molar-refractivity contribution in [2.45, 2.75) is 23.9 Å². The highest BCUT2D eigenvalue weighted by Crippen LogP contribution is 2.32. The summed E-state index contributed by atoms with van der Waals surface area (Å²) in [6, 6.07) is 10.7. The maximum Gasteiger partial charge on any atom is 0.416 e. The van der Waals surface area contributed by atoms with Crippen LogP contribution < -0.4 is 5.32 Å². The smallest absolute Gasteiger partial charge is 0.326 e. The molecule has 1 aliphatic rings. The minimum atomic E-state index is -4.63. The predicted molar refractivity (Wildman–Crippen MR) is 113 cm³/mol. The first kappa shape index (κ1) is 22.9. The Morgan fingerprint density at radius 2 is 1.76 bits per heavy atom. The minimum Gasteiger partial charge on any atom is -0.326 e. The monoisotopic (exact) mass is 479 g/mol.